The topological polar surface area (TPSA) is 75.1 Å². The molecule has 5 nitrogen and oxygen atoms in total. The Morgan fingerprint density at radius 1 is 1.57 bits per heavy atom. The van der Waals surface area contributed by atoms with Gasteiger partial charge in [0.05, 0.1) is 37.5 Å². The number of benzene rings is 1. The number of hydrogen-bond acceptors (Lipinski definition) is 4. The van der Waals surface area contributed by atoms with Crippen molar-refractivity contribution in [1.29, 1.82) is 5.26 Å². The first kappa shape index (κ1) is 13.7. The molecule has 0 amide bonds. The van der Waals surface area contributed by atoms with Crippen LogP contribution >= 0.6 is 0 Å². The molecule has 21 heavy (non-hydrogen) atoms. The fourth-order valence-electron chi connectivity index (χ4n) is 2.97. The molecule has 0 spiro atoms. The van der Waals surface area contributed by atoms with Crippen LogP contribution in [0.3, 0.4) is 0 Å². The first-order valence-electron chi connectivity index (χ1n) is 6.83. The summed E-state index contributed by atoms with van der Waals surface area (Å²) >= 11 is 0. The van der Waals surface area contributed by atoms with Gasteiger partial charge in [0.2, 0.25) is 0 Å². The summed E-state index contributed by atoms with van der Waals surface area (Å²) in [6.45, 7) is 2.44. The minimum atomic E-state index is -0.716. The fraction of sp³-hybridized carbons (Fsp3) is 0.375. The van der Waals surface area contributed by atoms with E-state index >= 15 is 0 Å². The van der Waals surface area contributed by atoms with Crippen molar-refractivity contribution < 1.29 is 14.3 Å². The predicted molar refractivity (Wildman–Crippen MR) is 76.7 cm³/mol. The van der Waals surface area contributed by atoms with Gasteiger partial charge in [0.25, 0.3) is 0 Å². The lowest BCUT2D eigenvalue weighted by atomic mass is 9.90. The number of ether oxygens (including phenoxy) is 2. The quantitative estimate of drug-likeness (QED) is 0.859. The highest BCUT2D eigenvalue weighted by Crippen LogP contribution is 2.39. The molecule has 1 unspecified atom stereocenters. The zero-order valence-electron chi connectivity index (χ0n) is 12.0. The average molecular weight is 284 g/mol. The third-order valence-electron chi connectivity index (χ3n) is 4.05. The van der Waals surface area contributed by atoms with Gasteiger partial charge in [0, 0.05) is 10.9 Å². The van der Waals surface area contributed by atoms with Gasteiger partial charge in [0.15, 0.2) is 0 Å². The van der Waals surface area contributed by atoms with Crippen LogP contribution in [-0.4, -0.2) is 24.7 Å². The predicted octanol–water partition coefficient (Wildman–Crippen LogP) is 2.39. The molecule has 2 aromatic rings. The minimum absolute atomic E-state index is 0.161. The van der Waals surface area contributed by atoms with Crippen LogP contribution in [-0.2, 0) is 26.3 Å². The number of aromatic nitrogens is 1. The SMILES string of the molecule is COC(=O)CC1(C)OCCc2c1[nH]c1ccc(C#N)cc21. The highest BCUT2D eigenvalue weighted by atomic mass is 16.5. The fourth-order valence-corrected chi connectivity index (χ4v) is 2.97. The lowest BCUT2D eigenvalue weighted by Gasteiger charge is -2.33. The summed E-state index contributed by atoms with van der Waals surface area (Å²) in [5.41, 5.74) is 2.90. The molecule has 1 aromatic heterocycles. The Balaban J connectivity index is 2.14. The maximum absolute atomic E-state index is 11.7. The van der Waals surface area contributed by atoms with E-state index in [0.717, 1.165) is 28.6 Å². The molecular formula is C16H16N2O3. The van der Waals surface area contributed by atoms with Crippen molar-refractivity contribution in [2.24, 2.45) is 0 Å². The summed E-state index contributed by atoms with van der Waals surface area (Å²) in [5.74, 6) is -0.304. The molecule has 1 aromatic carbocycles. The highest BCUT2D eigenvalue weighted by Gasteiger charge is 2.38. The number of methoxy groups -OCH3 is 1. The van der Waals surface area contributed by atoms with E-state index in [2.05, 4.69) is 11.1 Å². The Hall–Kier alpha value is -2.32. The molecule has 3 rings (SSSR count). The normalized spacial score (nSPS) is 20.8. The van der Waals surface area contributed by atoms with Gasteiger partial charge in [-0.25, -0.2) is 0 Å². The molecule has 0 radical (unpaired) electrons. The van der Waals surface area contributed by atoms with Crippen LogP contribution in [0.1, 0.15) is 30.2 Å². The number of nitrogens with zero attached hydrogens (tertiary/aromatic N) is 1. The molecule has 2 heterocycles. The van der Waals surface area contributed by atoms with Crippen molar-refractivity contribution >= 4 is 16.9 Å². The molecule has 0 saturated heterocycles. The van der Waals surface area contributed by atoms with Gasteiger partial charge in [-0.3, -0.25) is 4.79 Å². The third kappa shape index (κ3) is 2.18. The standard InChI is InChI=1S/C16H16N2O3/c1-16(8-14(19)20-2)15-11(5-6-21-16)12-7-10(9-17)3-4-13(12)18-15/h3-4,7,18H,5-6,8H2,1-2H3. The smallest absolute Gasteiger partial charge is 0.308 e. The van der Waals surface area contributed by atoms with E-state index < -0.39 is 5.60 Å². The van der Waals surface area contributed by atoms with Crippen molar-refractivity contribution in [2.45, 2.75) is 25.4 Å². The molecule has 0 saturated carbocycles. The lowest BCUT2D eigenvalue weighted by Crippen LogP contribution is -2.35. The van der Waals surface area contributed by atoms with Crippen LogP contribution in [0.5, 0.6) is 0 Å². The van der Waals surface area contributed by atoms with Crippen molar-refractivity contribution in [3.8, 4) is 6.07 Å². The van der Waals surface area contributed by atoms with E-state index in [1.165, 1.54) is 7.11 Å². The summed E-state index contributed by atoms with van der Waals surface area (Å²) in [7, 11) is 1.37. The average Bonchev–Trinajstić information content (AvgIpc) is 2.86. The van der Waals surface area contributed by atoms with Crippen molar-refractivity contribution in [3.63, 3.8) is 0 Å². The molecule has 1 atom stereocenters. The number of carbonyl (C=O) groups is 1. The van der Waals surface area contributed by atoms with E-state index in [1.807, 2.05) is 19.1 Å². The Bertz CT molecular complexity index is 757. The molecule has 0 fully saturated rings. The second-order valence-corrected chi connectivity index (χ2v) is 5.43. The summed E-state index contributed by atoms with van der Waals surface area (Å²) < 4.78 is 10.6. The Morgan fingerprint density at radius 3 is 3.10 bits per heavy atom. The van der Waals surface area contributed by atoms with Crippen LogP contribution in [0.15, 0.2) is 18.2 Å². The van der Waals surface area contributed by atoms with Gasteiger partial charge in [-0.05, 0) is 37.1 Å². The van der Waals surface area contributed by atoms with Crippen LogP contribution in [0.25, 0.3) is 10.9 Å². The first-order valence-corrected chi connectivity index (χ1v) is 6.83. The van der Waals surface area contributed by atoms with Crippen molar-refractivity contribution in [3.05, 3.63) is 35.0 Å². The van der Waals surface area contributed by atoms with E-state index in [9.17, 15) is 4.79 Å². The first-order chi connectivity index (χ1) is 10.1. The van der Waals surface area contributed by atoms with Gasteiger partial charge >= 0.3 is 5.97 Å². The largest absolute Gasteiger partial charge is 0.469 e. The lowest BCUT2D eigenvalue weighted by molar-refractivity contribution is -0.150. The Labute approximate surface area is 122 Å². The molecule has 108 valence electrons. The molecule has 0 aliphatic carbocycles. The number of nitriles is 1. The summed E-state index contributed by atoms with van der Waals surface area (Å²) in [4.78, 5) is 15.0. The molecule has 1 N–H and O–H groups in total. The van der Waals surface area contributed by atoms with Crippen LogP contribution in [0.2, 0.25) is 0 Å². The zero-order valence-corrected chi connectivity index (χ0v) is 12.0. The van der Waals surface area contributed by atoms with Crippen molar-refractivity contribution in [1.82, 2.24) is 4.98 Å². The summed E-state index contributed by atoms with van der Waals surface area (Å²) in [5, 5.41) is 10.1. The number of nitrogens with one attached hydrogen (secondary N) is 1. The maximum Gasteiger partial charge on any atom is 0.308 e. The van der Waals surface area contributed by atoms with Gasteiger partial charge in [-0.2, -0.15) is 5.26 Å². The number of aromatic amines is 1. The van der Waals surface area contributed by atoms with Gasteiger partial charge in [-0.15, -0.1) is 0 Å². The van der Waals surface area contributed by atoms with E-state index in [-0.39, 0.29) is 12.4 Å². The van der Waals surface area contributed by atoms with Crippen LogP contribution < -0.4 is 0 Å². The Kier molecular flexibility index (Phi) is 3.19. The molecule has 0 bridgehead atoms. The number of hydrogen-bond donors (Lipinski definition) is 1. The second-order valence-electron chi connectivity index (χ2n) is 5.43. The maximum atomic E-state index is 11.7. The molecule has 1 aliphatic heterocycles. The third-order valence-corrected chi connectivity index (χ3v) is 4.05. The van der Waals surface area contributed by atoms with Gasteiger partial charge in [-0.1, -0.05) is 0 Å². The van der Waals surface area contributed by atoms with E-state index in [4.69, 9.17) is 14.7 Å². The number of H-pyrrole nitrogens is 1. The van der Waals surface area contributed by atoms with Crippen LogP contribution in [0.4, 0.5) is 0 Å². The van der Waals surface area contributed by atoms with E-state index in [1.54, 1.807) is 6.07 Å². The molecular weight excluding hydrogens is 268 g/mol. The summed E-state index contributed by atoms with van der Waals surface area (Å²) in [6.07, 6.45) is 0.926. The monoisotopic (exact) mass is 284 g/mol. The Morgan fingerprint density at radius 2 is 2.38 bits per heavy atom. The number of esters is 1. The molecule has 1 aliphatic rings. The van der Waals surface area contributed by atoms with Gasteiger partial charge in [0.1, 0.15) is 5.60 Å². The number of fused-ring (bicyclic) bond motifs is 3. The second kappa shape index (κ2) is 4.90. The highest BCUT2D eigenvalue weighted by molar-refractivity contribution is 5.87. The minimum Gasteiger partial charge on any atom is -0.469 e. The molecule has 5 heteroatoms. The number of carbonyl (C=O) groups excluding carboxylic acids is 1. The summed E-state index contributed by atoms with van der Waals surface area (Å²) in [6, 6.07) is 7.72. The number of rotatable bonds is 2. The van der Waals surface area contributed by atoms with E-state index in [0.29, 0.717) is 12.2 Å². The van der Waals surface area contributed by atoms with Crippen molar-refractivity contribution in [2.75, 3.05) is 13.7 Å². The van der Waals surface area contributed by atoms with Crippen LogP contribution in [0, 0.1) is 11.3 Å². The zero-order chi connectivity index (χ0) is 15.0. The van der Waals surface area contributed by atoms with Gasteiger partial charge < -0.3 is 14.5 Å².